The van der Waals surface area contributed by atoms with Crippen molar-refractivity contribution >= 4 is 21.5 Å². The Labute approximate surface area is 177 Å². The molecule has 2 aromatic heterocycles. The fraction of sp³-hybridized carbons (Fsp3) is 0.0476. The van der Waals surface area contributed by atoms with E-state index in [2.05, 4.69) is 20.1 Å². The van der Waals surface area contributed by atoms with Gasteiger partial charge >= 0.3 is 0 Å². The zero-order chi connectivity index (χ0) is 21.8. The quantitative estimate of drug-likeness (QED) is 0.453. The maximum absolute atomic E-state index is 13.3. The number of sulfonamides is 1. The number of para-hydroxylation sites is 1. The SMILES string of the molecule is O=S(=O)(Nc1ccc(F)c(F)c1)c1ccc(NCc2ccccc2-n2cccn2)nc1. The monoisotopic (exact) mass is 441 g/mol. The zero-order valence-electron chi connectivity index (χ0n) is 16.0. The van der Waals surface area contributed by atoms with E-state index in [1.807, 2.05) is 36.5 Å². The van der Waals surface area contributed by atoms with E-state index in [1.54, 1.807) is 10.9 Å². The Morgan fingerprint density at radius 1 is 0.968 bits per heavy atom. The predicted molar refractivity (Wildman–Crippen MR) is 112 cm³/mol. The normalized spacial score (nSPS) is 11.3. The van der Waals surface area contributed by atoms with Crippen LogP contribution in [-0.2, 0) is 16.6 Å². The van der Waals surface area contributed by atoms with Gasteiger partial charge in [0, 0.05) is 31.2 Å². The van der Waals surface area contributed by atoms with Crippen LogP contribution in [0.1, 0.15) is 5.56 Å². The van der Waals surface area contributed by atoms with Crippen molar-refractivity contribution in [2.24, 2.45) is 0 Å². The van der Waals surface area contributed by atoms with Crippen LogP contribution in [0.4, 0.5) is 20.3 Å². The van der Waals surface area contributed by atoms with Crippen LogP contribution >= 0.6 is 0 Å². The molecule has 0 unspecified atom stereocenters. The number of anilines is 2. The number of halogens is 2. The van der Waals surface area contributed by atoms with Crippen molar-refractivity contribution < 1.29 is 17.2 Å². The Morgan fingerprint density at radius 2 is 1.81 bits per heavy atom. The molecule has 2 aromatic carbocycles. The maximum atomic E-state index is 13.3. The van der Waals surface area contributed by atoms with E-state index in [-0.39, 0.29) is 10.6 Å². The molecule has 0 aliphatic rings. The molecular weight excluding hydrogens is 424 g/mol. The first-order valence-corrected chi connectivity index (χ1v) is 10.7. The van der Waals surface area contributed by atoms with E-state index in [4.69, 9.17) is 0 Å². The summed E-state index contributed by atoms with van der Waals surface area (Å²) in [4.78, 5) is 4.03. The van der Waals surface area contributed by atoms with Gasteiger partial charge in [0.05, 0.1) is 11.4 Å². The molecule has 2 heterocycles. The van der Waals surface area contributed by atoms with Gasteiger partial charge in [0.1, 0.15) is 10.7 Å². The minimum absolute atomic E-state index is 0.0867. The largest absolute Gasteiger partial charge is 0.366 e. The summed E-state index contributed by atoms with van der Waals surface area (Å²) in [6.45, 7) is 0.447. The van der Waals surface area contributed by atoms with Gasteiger partial charge in [-0.25, -0.2) is 26.9 Å². The number of nitrogens with one attached hydrogen (secondary N) is 2. The molecule has 0 amide bonds. The molecule has 31 heavy (non-hydrogen) atoms. The first-order valence-electron chi connectivity index (χ1n) is 9.18. The molecule has 2 N–H and O–H groups in total. The van der Waals surface area contributed by atoms with E-state index >= 15 is 0 Å². The Balaban J connectivity index is 1.46. The van der Waals surface area contributed by atoms with E-state index < -0.39 is 21.7 Å². The van der Waals surface area contributed by atoms with E-state index in [0.717, 1.165) is 29.4 Å². The smallest absolute Gasteiger partial charge is 0.263 e. The summed E-state index contributed by atoms with van der Waals surface area (Å²) in [5, 5.41) is 7.39. The molecular formula is C21H17F2N5O2S. The van der Waals surface area contributed by atoms with Crippen LogP contribution in [0.15, 0.2) is 84.1 Å². The Kier molecular flexibility index (Phi) is 5.63. The van der Waals surface area contributed by atoms with E-state index in [0.29, 0.717) is 12.4 Å². The second-order valence-corrected chi connectivity index (χ2v) is 8.23. The number of nitrogens with zero attached hydrogens (tertiary/aromatic N) is 3. The van der Waals surface area contributed by atoms with Gasteiger partial charge in [-0.05, 0) is 42.0 Å². The van der Waals surface area contributed by atoms with E-state index in [1.165, 1.54) is 18.3 Å². The lowest BCUT2D eigenvalue weighted by atomic mass is 10.2. The summed E-state index contributed by atoms with van der Waals surface area (Å²) in [6, 6.07) is 15.2. The van der Waals surface area contributed by atoms with Gasteiger partial charge in [0.15, 0.2) is 11.6 Å². The summed E-state index contributed by atoms with van der Waals surface area (Å²) < 4.78 is 55.2. The molecule has 10 heteroatoms. The minimum Gasteiger partial charge on any atom is -0.366 e. The van der Waals surface area contributed by atoms with Crippen molar-refractivity contribution in [1.82, 2.24) is 14.8 Å². The second kappa shape index (κ2) is 8.52. The highest BCUT2D eigenvalue weighted by Crippen LogP contribution is 2.20. The number of hydrogen-bond acceptors (Lipinski definition) is 5. The number of pyridine rings is 1. The second-order valence-electron chi connectivity index (χ2n) is 6.55. The summed E-state index contributed by atoms with van der Waals surface area (Å²) in [7, 11) is -4.00. The first kappa shape index (κ1) is 20.5. The lowest BCUT2D eigenvalue weighted by Crippen LogP contribution is -2.14. The van der Waals surface area contributed by atoms with Crippen molar-refractivity contribution in [3.8, 4) is 5.69 Å². The zero-order valence-corrected chi connectivity index (χ0v) is 16.9. The summed E-state index contributed by atoms with van der Waals surface area (Å²) in [5.41, 5.74) is 1.80. The molecule has 0 aliphatic heterocycles. The van der Waals surface area contributed by atoms with Gasteiger partial charge in [-0.1, -0.05) is 18.2 Å². The van der Waals surface area contributed by atoms with Crippen LogP contribution in [-0.4, -0.2) is 23.2 Å². The predicted octanol–water partition coefficient (Wildman–Crippen LogP) is 3.96. The van der Waals surface area contributed by atoms with Gasteiger partial charge in [-0.2, -0.15) is 5.10 Å². The third kappa shape index (κ3) is 4.69. The third-order valence-electron chi connectivity index (χ3n) is 4.42. The Bertz CT molecular complexity index is 1290. The molecule has 0 aliphatic carbocycles. The van der Waals surface area contributed by atoms with Crippen molar-refractivity contribution in [3.63, 3.8) is 0 Å². The summed E-state index contributed by atoms with van der Waals surface area (Å²) in [6.07, 6.45) is 4.72. The van der Waals surface area contributed by atoms with Crippen LogP contribution in [0.2, 0.25) is 0 Å². The van der Waals surface area contributed by atoms with Crippen LogP contribution in [0, 0.1) is 11.6 Å². The van der Waals surface area contributed by atoms with Crippen LogP contribution < -0.4 is 10.0 Å². The summed E-state index contributed by atoms with van der Waals surface area (Å²) >= 11 is 0. The molecule has 4 rings (SSSR count). The fourth-order valence-electron chi connectivity index (χ4n) is 2.90. The van der Waals surface area contributed by atoms with Gasteiger partial charge < -0.3 is 5.32 Å². The molecule has 0 radical (unpaired) electrons. The topological polar surface area (TPSA) is 88.9 Å². The van der Waals surface area contributed by atoms with Gasteiger partial charge in [-0.3, -0.25) is 4.72 Å². The molecule has 0 saturated heterocycles. The molecule has 0 saturated carbocycles. The van der Waals surface area contributed by atoms with Crippen LogP contribution in [0.3, 0.4) is 0 Å². The third-order valence-corrected chi connectivity index (χ3v) is 5.79. The molecule has 0 spiro atoms. The average molecular weight is 441 g/mol. The number of rotatable bonds is 7. The van der Waals surface area contributed by atoms with Gasteiger partial charge in [-0.15, -0.1) is 0 Å². The molecule has 7 nitrogen and oxygen atoms in total. The highest BCUT2D eigenvalue weighted by molar-refractivity contribution is 7.92. The number of aromatic nitrogens is 3. The summed E-state index contributed by atoms with van der Waals surface area (Å²) in [5.74, 6) is -1.73. The van der Waals surface area contributed by atoms with Crippen LogP contribution in [0.5, 0.6) is 0 Å². The van der Waals surface area contributed by atoms with E-state index in [9.17, 15) is 17.2 Å². The Morgan fingerprint density at radius 3 is 2.52 bits per heavy atom. The molecule has 0 bridgehead atoms. The average Bonchev–Trinajstić information content (AvgIpc) is 3.30. The highest BCUT2D eigenvalue weighted by Gasteiger charge is 2.16. The fourth-order valence-corrected chi connectivity index (χ4v) is 3.89. The highest BCUT2D eigenvalue weighted by atomic mass is 32.2. The standard InChI is InChI=1S/C21H17F2N5O2S/c22-18-8-6-16(12-19(18)23)27-31(29,30)17-7-9-21(25-14-17)24-13-15-4-1-2-5-20(15)28-11-3-10-26-28/h1-12,14,27H,13H2,(H,24,25). The lowest BCUT2D eigenvalue weighted by molar-refractivity contribution is 0.509. The van der Waals surface area contributed by atoms with Crippen molar-refractivity contribution in [2.45, 2.75) is 11.4 Å². The lowest BCUT2D eigenvalue weighted by Gasteiger charge is -2.12. The maximum Gasteiger partial charge on any atom is 0.263 e. The van der Waals surface area contributed by atoms with Crippen molar-refractivity contribution in [2.75, 3.05) is 10.0 Å². The minimum atomic E-state index is -4.00. The van der Waals surface area contributed by atoms with Crippen molar-refractivity contribution in [3.05, 3.63) is 96.5 Å². The van der Waals surface area contributed by atoms with Gasteiger partial charge in [0.25, 0.3) is 10.0 Å². The molecule has 0 atom stereocenters. The van der Waals surface area contributed by atoms with Crippen molar-refractivity contribution in [1.29, 1.82) is 0 Å². The first-order chi connectivity index (χ1) is 14.9. The number of benzene rings is 2. The Hall–Kier alpha value is -3.79. The molecule has 158 valence electrons. The molecule has 4 aromatic rings. The van der Waals surface area contributed by atoms with Gasteiger partial charge in [0.2, 0.25) is 0 Å². The number of hydrogen-bond donors (Lipinski definition) is 2. The molecule has 0 fully saturated rings. The van der Waals surface area contributed by atoms with Crippen LogP contribution in [0.25, 0.3) is 5.69 Å².